The van der Waals surface area contributed by atoms with Crippen LogP contribution in [0.1, 0.15) is 0 Å². The first-order valence-corrected chi connectivity index (χ1v) is 3.82. The van der Waals surface area contributed by atoms with E-state index in [1.807, 2.05) is 30.6 Å². The highest BCUT2D eigenvalue weighted by molar-refractivity contribution is 5.80. The number of pyridine rings is 1. The van der Waals surface area contributed by atoms with Gasteiger partial charge < -0.3 is 5.21 Å². The van der Waals surface area contributed by atoms with Crippen molar-refractivity contribution in [2.45, 2.75) is 0 Å². The van der Waals surface area contributed by atoms with E-state index in [1.165, 1.54) is 10.8 Å². The van der Waals surface area contributed by atoms with E-state index in [0.717, 1.165) is 0 Å². The molecule has 0 atom stereocenters. The van der Waals surface area contributed by atoms with E-state index in [4.69, 9.17) is 15.3 Å². The van der Waals surface area contributed by atoms with Crippen molar-refractivity contribution in [3.05, 3.63) is 52.8 Å². The lowest BCUT2D eigenvalue weighted by atomic mass is 10.2. The van der Waals surface area contributed by atoms with Crippen LogP contribution in [0.25, 0.3) is 10.8 Å². The van der Waals surface area contributed by atoms with Crippen molar-refractivity contribution < 1.29 is 10.3 Å². The first kappa shape index (κ1) is 9.91. The third-order valence-electron chi connectivity index (χ3n) is 1.55. The summed E-state index contributed by atoms with van der Waals surface area (Å²) < 4.78 is 0. The molecular formula is C9H8N2O3. The van der Waals surface area contributed by atoms with Crippen molar-refractivity contribution in [1.29, 1.82) is 0 Å². The Bertz CT molecular complexity index is 362. The zero-order valence-corrected chi connectivity index (χ0v) is 7.20. The largest absolute Gasteiger partial charge is 0.328 e. The van der Waals surface area contributed by atoms with Crippen LogP contribution in [0.15, 0.2) is 42.7 Å². The summed E-state index contributed by atoms with van der Waals surface area (Å²) in [6.07, 6.45) is 3.68. The molecule has 5 nitrogen and oxygen atoms in total. The molecule has 14 heavy (non-hydrogen) atoms. The van der Waals surface area contributed by atoms with Gasteiger partial charge in [0, 0.05) is 12.4 Å². The molecule has 0 radical (unpaired) electrons. The average Bonchev–Trinajstić information content (AvgIpc) is 2.17. The number of hydrogen-bond acceptors (Lipinski definition) is 3. The summed E-state index contributed by atoms with van der Waals surface area (Å²) in [6, 6.07) is 10.2. The predicted octanol–water partition coefficient (Wildman–Crippen LogP) is 1.89. The fourth-order valence-electron chi connectivity index (χ4n) is 1.03. The molecule has 5 heteroatoms. The number of aromatic nitrogens is 1. The van der Waals surface area contributed by atoms with Gasteiger partial charge in [0.25, 0.3) is 5.09 Å². The molecule has 0 fully saturated rings. The van der Waals surface area contributed by atoms with E-state index in [0.29, 0.717) is 0 Å². The Morgan fingerprint density at radius 2 is 1.79 bits per heavy atom. The summed E-state index contributed by atoms with van der Waals surface area (Å²) in [5.41, 5.74) is 0. The molecule has 1 aromatic carbocycles. The molecule has 2 rings (SSSR count). The summed E-state index contributed by atoms with van der Waals surface area (Å²) in [7, 11) is 0. The minimum absolute atomic E-state index is 1.20. The Morgan fingerprint density at radius 1 is 1.21 bits per heavy atom. The van der Waals surface area contributed by atoms with Gasteiger partial charge in [0.15, 0.2) is 0 Å². The monoisotopic (exact) mass is 192 g/mol. The molecular weight excluding hydrogens is 184 g/mol. The van der Waals surface area contributed by atoms with Gasteiger partial charge in [-0.05, 0) is 16.8 Å². The van der Waals surface area contributed by atoms with E-state index in [2.05, 4.69) is 17.1 Å². The molecule has 72 valence electrons. The third kappa shape index (κ3) is 3.06. The molecule has 0 unspecified atom stereocenters. The fraction of sp³-hybridized carbons (Fsp3) is 0. The van der Waals surface area contributed by atoms with E-state index in [9.17, 15) is 0 Å². The molecule has 1 aromatic heterocycles. The quantitative estimate of drug-likeness (QED) is 0.510. The van der Waals surface area contributed by atoms with Crippen molar-refractivity contribution in [2.75, 3.05) is 0 Å². The molecule has 0 spiro atoms. The second kappa shape index (κ2) is 4.76. The van der Waals surface area contributed by atoms with E-state index in [1.54, 1.807) is 0 Å². The zero-order valence-electron chi connectivity index (χ0n) is 7.20. The second-order valence-corrected chi connectivity index (χ2v) is 2.46. The number of benzene rings is 1. The van der Waals surface area contributed by atoms with Gasteiger partial charge in [-0.2, -0.15) is 0 Å². The molecule has 0 aliphatic rings. The van der Waals surface area contributed by atoms with Crippen LogP contribution in [0.2, 0.25) is 0 Å². The van der Waals surface area contributed by atoms with Crippen LogP contribution >= 0.6 is 0 Å². The van der Waals surface area contributed by atoms with E-state index < -0.39 is 5.09 Å². The first-order valence-electron chi connectivity index (χ1n) is 3.82. The summed E-state index contributed by atoms with van der Waals surface area (Å²) in [6.45, 7) is 0. The van der Waals surface area contributed by atoms with Gasteiger partial charge in [0.1, 0.15) is 0 Å². The van der Waals surface area contributed by atoms with Crippen molar-refractivity contribution in [3.63, 3.8) is 0 Å². The average molecular weight is 192 g/mol. The molecule has 0 aliphatic carbocycles. The Labute approximate surface area is 79.7 Å². The predicted molar refractivity (Wildman–Crippen MR) is 50.5 cm³/mol. The number of nitrogens with zero attached hydrogens (tertiary/aromatic N) is 2. The summed E-state index contributed by atoms with van der Waals surface area (Å²) >= 11 is 0. The van der Waals surface area contributed by atoms with Crippen LogP contribution in [0, 0.1) is 10.1 Å². The van der Waals surface area contributed by atoms with Gasteiger partial charge in [-0.3, -0.25) is 4.98 Å². The van der Waals surface area contributed by atoms with Crippen LogP contribution < -0.4 is 0 Å². The van der Waals surface area contributed by atoms with Gasteiger partial charge in [0.2, 0.25) is 0 Å². The van der Waals surface area contributed by atoms with Crippen LogP contribution in [-0.4, -0.2) is 15.3 Å². The molecule has 0 saturated carbocycles. The normalized spacial score (nSPS) is 8.86. The highest BCUT2D eigenvalue weighted by Gasteiger charge is 1.86. The molecule has 0 bridgehead atoms. The maximum atomic E-state index is 8.36. The number of fused-ring (bicyclic) bond motifs is 1. The van der Waals surface area contributed by atoms with Gasteiger partial charge in [-0.25, -0.2) is 0 Å². The van der Waals surface area contributed by atoms with Gasteiger partial charge >= 0.3 is 0 Å². The molecule has 0 saturated heterocycles. The van der Waals surface area contributed by atoms with Crippen molar-refractivity contribution in [1.82, 2.24) is 4.98 Å². The summed E-state index contributed by atoms with van der Waals surface area (Å²) in [5, 5.41) is 16.1. The van der Waals surface area contributed by atoms with Gasteiger partial charge in [-0.15, -0.1) is 10.1 Å². The Hall–Kier alpha value is -2.17. The molecule has 0 amide bonds. The first-order chi connectivity index (χ1) is 6.70. The minimum atomic E-state index is -1.50. The summed E-state index contributed by atoms with van der Waals surface area (Å²) in [4.78, 5) is 12.4. The standard InChI is InChI=1S/C9H7N.HNO3/c1-2-4-9-7-10-6-5-8(9)3-1;2-1(3)4/h1-7H;(H,2,3,4). The minimum Gasteiger partial charge on any atom is -0.328 e. The van der Waals surface area contributed by atoms with Crippen molar-refractivity contribution in [2.24, 2.45) is 0 Å². The second-order valence-electron chi connectivity index (χ2n) is 2.46. The summed E-state index contributed by atoms with van der Waals surface area (Å²) in [5.74, 6) is 0. The Morgan fingerprint density at radius 3 is 2.36 bits per heavy atom. The topological polar surface area (TPSA) is 76.3 Å². The zero-order chi connectivity index (χ0) is 10.4. The van der Waals surface area contributed by atoms with Crippen LogP contribution in [0.5, 0.6) is 0 Å². The lowest BCUT2D eigenvalue weighted by Gasteiger charge is -1.91. The van der Waals surface area contributed by atoms with Crippen LogP contribution in [0.4, 0.5) is 0 Å². The lowest BCUT2D eigenvalue weighted by Crippen LogP contribution is -1.81. The molecule has 1 heterocycles. The third-order valence-corrected chi connectivity index (χ3v) is 1.55. The van der Waals surface area contributed by atoms with Crippen LogP contribution in [0.3, 0.4) is 0 Å². The van der Waals surface area contributed by atoms with Crippen molar-refractivity contribution in [3.8, 4) is 0 Å². The van der Waals surface area contributed by atoms with E-state index >= 15 is 0 Å². The molecule has 2 aromatic rings. The highest BCUT2D eigenvalue weighted by Crippen LogP contribution is 2.09. The Balaban J connectivity index is 0.000000213. The lowest BCUT2D eigenvalue weighted by molar-refractivity contribution is -0.742. The number of hydrogen-bond donors (Lipinski definition) is 1. The fourth-order valence-corrected chi connectivity index (χ4v) is 1.03. The SMILES string of the molecule is O=[N+]([O-])O.c1ccc2cnccc2c1. The van der Waals surface area contributed by atoms with Gasteiger partial charge in [-0.1, -0.05) is 24.3 Å². The highest BCUT2D eigenvalue weighted by atomic mass is 16.9. The molecule has 1 N–H and O–H groups in total. The number of rotatable bonds is 0. The maximum absolute atomic E-state index is 8.36. The Kier molecular flexibility index (Phi) is 3.37. The van der Waals surface area contributed by atoms with Gasteiger partial charge in [0.05, 0.1) is 0 Å². The smallest absolute Gasteiger partial charge is 0.291 e. The maximum Gasteiger partial charge on any atom is 0.291 e. The molecule has 0 aliphatic heterocycles. The van der Waals surface area contributed by atoms with E-state index in [-0.39, 0.29) is 0 Å². The van der Waals surface area contributed by atoms with Crippen LogP contribution in [-0.2, 0) is 0 Å². The van der Waals surface area contributed by atoms with Crippen molar-refractivity contribution >= 4 is 10.8 Å².